The molecule has 3 rings (SSSR count). The molecule has 150 valence electrons. The van der Waals surface area contributed by atoms with Crippen molar-refractivity contribution >= 4 is 22.5 Å². The summed E-state index contributed by atoms with van der Waals surface area (Å²) in [5, 5.41) is 24.6. The molecule has 29 heavy (non-hydrogen) atoms. The lowest BCUT2D eigenvalue weighted by Gasteiger charge is -2.16. The van der Waals surface area contributed by atoms with E-state index in [-0.39, 0.29) is 23.4 Å². The molecule has 3 aromatic rings. The van der Waals surface area contributed by atoms with Crippen LogP contribution in [0.2, 0.25) is 5.02 Å². The summed E-state index contributed by atoms with van der Waals surface area (Å²) in [5.41, 5.74) is 1.28. The van der Waals surface area contributed by atoms with Crippen molar-refractivity contribution in [2.24, 2.45) is 0 Å². The van der Waals surface area contributed by atoms with Gasteiger partial charge in [-0.2, -0.15) is 0 Å². The number of benzene rings is 2. The van der Waals surface area contributed by atoms with E-state index in [0.29, 0.717) is 34.0 Å². The van der Waals surface area contributed by atoms with Crippen LogP contribution < -0.4 is 20.3 Å². The van der Waals surface area contributed by atoms with E-state index in [9.17, 15) is 15.0 Å². The second-order valence-electron chi connectivity index (χ2n) is 6.25. The highest BCUT2D eigenvalue weighted by Gasteiger charge is 2.15. The van der Waals surface area contributed by atoms with E-state index in [4.69, 9.17) is 27.5 Å². The lowest BCUT2D eigenvalue weighted by Crippen LogP contribution is -2.21. The molecule has 1 heterocycles. The molecule has 8 heteroatoms. The molecule has 0 aliphatic heterocycles. The predicted octanol–water partition coefficient (Wildman–Crippen LogP) is 2.69. The average molecular weight is 415 g/mol. The van der Waals surface area contributed by atoms with Crippen LogP contribution in [0, 0.1) is 12.5 Å². The van der Waals surface area contributed by atoms with Gasteiger partial charge < -0.3 is 30.0 Å². The number of aliphatic hydroxyl groups excluding tert-OH is 1. The summed E-state index contributed by atoms with van der Waals surface area (Å²) in [7, 11) is 1.52. The molecule has 0 bridgehead atoms. The van der Waals surface area contributed by atoms with Gasteiger partial charge in [0.2, 0.25) is 5.56 Å². The number of methoxy groups -OCH3 is 1. The minimum atomic E-state index is -0.880. The van der Waals surface area contributed by atoms with Crippen LogP contribution in [0.3, 0.4) is 0 Å². The van der Waals surface area contributed by atoms with Gasteiger partial charge in [0.25, 0.3) is 0 Å². The summed E-state index contributed by atoms with van der Waals surface area (Å²) in [4.78, 5) is 14.1. The summed E-state index contributed by atoms with van der Waals surface area (Å²) in [6.45, 7) is 0.575. The number of phenols is 1. The monoisotopic (exact) mass is 414 g/mol. The molecule has 2 aromatic carbocycles. The third-order valence-electron chi connectivity index (χ3n) is 4.42. The van der Waals surface area contributed by atoms with E-state index in [1.54, 1.807) is 24.3 Å². The summed E-state index contributed by atoms with van der Waals surface area (Å²) < 4.78 is 10.3. The van der Waals surface area contributed by atoms with Crippen molar-refractivity contribution in [1.82, 2.24) is 10.3 Å². The zero-order chi connectivity index (χ0) is 21.0. The number of phenolic OH excluding ortho intramolecular Hbond substituents is 1. The number of hydrogen-bond donors (Lipinski definition) is 4. The van der Waals surface area contributed by atoms with Crippen molar-refractivity contribution in [2.75, 3.05) is 13.7 Å². The van der Waals surface area contributed by atoms with Crippen molar-refractivity contribution in [1.29, 1.82) is 0 Å². The number of fused-ring (bicyclic) bond motifs is 1. The number of rotatable bonds is 7. The van der Waals surface area contributed by atoms with Crippen LogP contribution in [0.25, 0.3) is 10.9 Å². The molecule has 7 nitrogen and oxygen atoms in total. The highest BCUT2D eigenvalue weighted by atomic mass is 35.5. The second kappa shape index (κ2) is 8.88. The number of aromatic nitrogens is 1. The molecule has 0 spiro atoms. The molecule has 1 aromatic heterocycles. The molecule has 4 N–H and O–H groups in total. The first-order chi connectivity index (χ1) is 13.9. The maximum atomic E-state index is 11.5. The Morgan fingerprint density at radius 1 is 1.28 bits per heavy atom. The summed E-state index contributed by atoms with van der Waals surface area (Å²) in [5.74, 6) is 0.795. The molecule has 0 aliphatic rings. The maximum Gasteiger partial charge on any atom is 0.248 e. The quantitative estimate of drug-likeness (QED) is 0.443. The number of aromatic hydroxyl groups is 1. The number of nitrogens with one attached hydrogen (secondary N) is 2. The SMILES string of the molecule is C#COc1cc(OC)c(CNCC(O)c2ccc(O)c3[nH]c(=O)ccc23)cc1Cl. The Bertz CT molecular complexity index is 1140. The number of H-pyrrole nitrogens is 1. The third kappa shape index (κ3) is 4.46. The lowest BCUT2D eigenvalue weighted by molar-refractivity contribution is 0.175. The third-order valence-corrected chi connectivity index (χ3v) is 4.72. The van der Waals surface area contributed by atoms with Gasteiger partial charge in [-0.05, 0) is 23.8 Å². The smallest absolute Gasteiger partial charge is 0.248 e. The Balaban J connectivity index is 1.76. The Kier molecular flexibility index (Phi) is 6.29. The highest BCUT2D eigenvalue weighted by molar-refractivity contribution is 6.32. The first-order valence-corrected chi connectivity index (χ1v) is 9.05. The molecule has 0 saturated carbocycles. The number of halogens is 1. The van der Waals surface area contributed by atoms with E-state index >= 15 is 0 Å². The van der Waals surface area contributed by atoms with Crippen LogP contribution >= 0.6 is 11.6 Å². The Morgan fingerprint density at radius 2 is 2.07 bits per heavy atom. The van der Waals surface area contributed by atoms with E-state index < -0.39 is 6.10 Å². The zero-order valence-corrected chi connectivity index (χ0v) is 16.3. The zero-order valence-electron chi connectivity index (χ0n) is 15.5. The number of ether oxygens (including phenoxy) is 2. The van der Waals surface area contributed by atoms with Gasteiger partial charge in [0.15, 0.2) is 5.75 Å². The fraction of sp³-hybridized carbons (Fsp3) is 0.190. The van der Waals surface area contributed by atoms with Gasteiger partial charge in [-0.15, -0.1) is 0 Å². The first kappa shape index (κ1) is 20.6. The lowest BCUT2D eigenvalue weighted by atomic mass is 10.0. The maximum absolute atomic E-state index is 11.5. The molecule has 0 amide bonds. The van der Waals surface area contributed by atoms with Crippen LogP contribution in [0.15, 0.2) is 41.2 Å². The molecular weight excluding hydrogens is 396 g/mol. The number of aliphatic hydroxyl groups is 1. The average Bonchev–Trinajstić information content (AvgIpc) is 2.70. The summed E-state index contributed by atoms with van der Waals surface area (Å²) in [6, 6.07) is 9.24. The Morgan fingerprint density at radius 3 is 2.79 bits per heavy atom. The van der Waals surface area contributed by atoms with Crippen molar-refractivity contribution < 1.29 is 19.7 Å². The highest BCUT2D eigenvalue weighted by Crippen LogP contribution is 2.33. The van der Waals surface area contributed by atoms with Gasteiger partial charge in [-0.25, -0.2) is 0 Å². The number of terminal acetylenes is 1. The number of aromatic amines is 1. The topological polar surface area (TPSA) is 104 Å². The van der Waals surface area contributed by atoms with E-state index in [1.807, 2.05) is 0 Å². The fourth-order valence-corrected chi connectivity index (χ4v) is 3.27. The molecule has 1 unspecified atom stereocenters. The summed E-state index contributed by atoms with van der Waals surface area (Å²) in [6.07, 6.45) is 6.32. The van der Waals surface area contributed by atoms with Crippen molar-refractivity contribution in [2.45, 2.75) is 12.6 Å². The summed E-state index contributed by atoms with van der Waals surface area (Å²) >= 11 is 6.16. The minimum Gasteiger partial charge on any atom is -0.506 e. The van der Waals surface area contributed by atoms with Gasteiger partial charge in [-0.3, -0.25) is 4.79 Å². The standard InChI is InChI=1S/C21H19ClN2O5/c1-3-29-19-9-18(28-2)12(8-15(19)22)10-23-11-17(26)13-4-6-16(25)21-14(13)5-7-20(27)24-21/h1,4-9,17,23,25-26H,10-11H2,2H3,(H,24,27). The largest absolute Gasteiger partial charge is 0.506 e. The Hall–Kier alpha value is -3.18. The van der Waals surface area contributed by atoms with Gasteiger partial charge in [-0.1, -0.05) is 24.1 Å². The second-order valence-corrected chi connectivity index (χ2v) is 6.65. The van der Waals surface area contributed by atoms with Crippen LogP contribution in [-0.4, -0.2) is 28.9 Å². The molecule has 0 aliphatic carbocycles. The van der Waals surface area contributed by atoms with Gasteiger partial charge in [0, 0.05) is 36.2 Å². The van der Waals surface area contributed by atoms with Gasteiger partial charge in [0.1, 0.15) is 17.6 Å². The molecule has 0 saturated heterocycles. The van der Waals surface area contributed by atoms with Crippen molar-refractivity contribution in [3.8, 4) is 29.8 Å². The molecule has 1 atom stereocenters. The molecule has 0 radical (unpaired) electrons. The minimum absolute atomic E-state index is 0.0599. The van der Waals surface area contributed by atoms with Crippen LogP contribution in [0.1, 0.15) is 17.2 Å². The van der Waals surface area contributed by atoms with E-state index in [1.165, 1.54) is 19.2 Å². The van der Waals surface area contributed by atoms with Gasteiger partial charge in [0.05, 0.1) is 23.8 Å². The predicted molar refractivity (Wildman–Crippen MR) is 110 cm³/mol. The van der Waals surface area contributed by atoms with Crippen LogP contribution in [0.5, 0.6) is 17.2 Å². The Labute approximate surface area is 171 Å². The number of pyridine rings is 1. The van der Waals surface area contributed by atoms with Gasteiger partial charge >= 0.3 is 0 Å². The van der Waals surface area contributed by atoms with Crippen molar-refractivity contribution in [3.63, 3.8) is 0 Å². The normalized spacial score (nSPS) is 11.8. The van der Waals surface area contributed by atoms with Crippen LogP contribution in [0.4, 0.5) is 0 Å². The van der Waals surface area contributed by atoms with Crippen LogP contribution in [-0.2, 0) is 6.54 Å². The van der Waals surface area contributed by atoms with E-state index in [0.717, 1.165) is 5.56 Å². The molecule has 0 fully saturated rings. The fourth-order valence-electron chi connectivity index (χ4n) is 3.05. The first-order valence-electron chi connectivity index (χ1n) is 8.67. The number of hydrogen-bond acceptors (Lipinski definition) is 6. The molecular formula is C21H19ClN2O5. The van der Waals surface area contributed by atoms with Crippen molar-refractivity contribution in [3.05, 3.63) is 62.9 Å². The van der Waals surface area contributed by atoms with E-state index in [2.05, 4.69) is 16.4 Å².